The Balaban J connectivity index is 2.19. The molecule has 0 atom stereocenters. The smallest absolute Gasteiger partial charge is 0.337 e. The minimum Gasteiger partial charge on any atom is -0.478 e. The minimum atomic E-state index is -1.01. The quantitative estimate of drug-likeness (QED) is 0.752. The molecule has 0 amide bonds. The van der Waals surface area contributed by atoms with Crippen LogP contribution in [0.3, 0.4) is 0 Å². The Morgan fingerprint density at radius 2 is 2.11 bits per heavy atom. The molecule has 2 aromatic heterocycles. The number of carbonyl (C=O) groups is 1. The molecule has 0 aliphatic heterocycles. The summed E-state index contributed by atoms with van der Waals surface area (Å²) in [7, 11) is 0. The molecule has 0 aliphatic carbocycles. The van der Waals surface area contributed by atoms with Crippen molar-refractivity contribution in [2.75, 3.05) is 0 Å². The second kappa shape index (κ2) is 4.37. The third-order valence-corrected chi connectivity index (χ3v) is 2.94. The molecule has 5 nitrogen and oxygen atoms in total. The average Bonchev–Trinajstić information content (AvgIpc) is 2.82. The van der Waals surface area contributed by atoms with Crippen molar-refractivity contribution in [3.8, 4) is 11.5 Å². The number of aromatic nitrogens is 3. The number of fused-ring (bicyclic) bond motifs is 1. The first-order valence-corrected chi connectivity index (χ1v) is 5.87. The minimum absolute atomic E-state index is 0.161. The summed E-state index contributed by atoms with van der Waals surface area (Å²) < 4.78 is 0. The maximum atomic E-state index is 11.1. The summed E-state index contributed by atoms with van der Waals surface area (Å²) >= 11 is 5.77. The van der Waals surface area contributed by atoms with Crippen LogP contribution in [0.4, 0.5) is 0 Å². The van der Waals surface area contributed by atoms with E-state index in [0.29, 0.717) is 27.6 Å². The number of pyridine rings is 1. The molecule has 2 N–H and O–H groups in total. The number of nitrogens with one attached hydrogen (secondary N) is 1. The molecule has 1 aromatic carbocycles. The standard InChI is InChI=1S/C13H8ClN3O2/c14-7-4-5-10(15-6-7)12-16-9-3-1-2-8(13(18)19)11(9)17-12/h1-6H,(H,16,17)(H,18,19). The van der Waals surface area contributed by atoms with E-state index in [9.17, 15) is 4.79 Å². The van der Waals surface area contributed by atoms with Gasteiger partial charge in [-0.2, -0.15) is 0 Å². The van der Waals surface area contributed by atoms with Gasteiger partial charge in [-0.1, -0.05) is 17.7 Å². The molecule has 6 heteroatoms. The van der Waals surface area contributed by atoms with E-state index in [1.807, 2.05) is 0 Å². The van der Waals surface area contributed by atoms with Crippen molar-refractivity contribution in [1.29, 1.82) is 0 Å². The topological polar surface area (TPSA) is 78.9 Å². The molecule has 94 valence electrons. The lowest BCUT2D eigenvalue weighted by molar-refractivity contribution is 0.0699. The van der Waals surface area contributed by atoms with Crippen molar-refractivity contribution >= 4 is 28.6 Å². The molecule has 0 fully saturated rings. The van der Waals surface area contributed by atoms with E-state index in [0.717, 1.165) is 0 Å². The van der Waals surface area contributed by atoms with Crippen LogP contribution in [0.25, 0.3) is 22.6 Å². The molecule has 0 radical (unpaired) electrons. The number of rotatable bonds is 2. The van der Waals surface area contributed by atoms with Gasteiger partial charge in [0.25, 0.3) is 0 Å². The molecular weight excluding hydrogens is 266 g/mol. The largest absolute Gasteiger partial charge is 0.478 e. The highest BCUT2D eigenvalue weighted by atomic mass is 35.5. The normalized spacial score (nSPS) is 10.8. The van der Waals surface area contributed by atoms with Crippen molar-refractivity contribution < 1.29 is 9.90 Å². The second-order valence-electron chi connectivity index (χ2n) is 3.95. The van der Waals surface area contributed by atoms with E-state index >= 15 is 0 Å². The Morgan fingerprint density at radius 3 is 2.79 bits per heavy atom. The van der Waals surface area contributed by atoms with Crippen LogP contribution in [0.15, 0.2) is 36.5 Å². The van der Waals surface area contributed by atoms with Gasteiger partial charge in [0, 0.05) is 6.20 Å². The van der Waals surface area contributed by atoms with Crippen LogP contribution in [-0.2, 0) is 0 Å². The van der Waals surface area contributed by atoms with Crippen LogP contribution < -0.4 is 0 Å². The fourth-order valence-electron chi connectivity index (χ4n) is 1.84. The summed E-state index contributed by atoms with van der Waals surface area (Å²) in [6.45, 7) is 0. The Labute approximate surface area is 112 Å². The Kier molecular flexibility index (Phi) is 2.68. The molecule has 0 unspecified atom stereocenters. The number of para-hydroxylation sites is 1. The number of imidazole rings is 1. The van der Waals surface area contributed by atoms with Crippen LogP contribution in [0.1, 0.15) is 10.4 Å². The zero-order chi connectivity index (χ0) is 13.4. The number of carboxylic acids is 1. The van der Waals surface area contributed by atoms with E-state index in [4.69, 9.17) is 16.7 Å². The molecule has 0 saturated carbocycles. The zero-order valence-corrected chi connectivity index (χ0v) is 10.3. The van der Waals surface area contributed by atoms with E-state index in [2.05, 4.69) is 15.0 Å². The Hall–Kier alpha value is -2.40. The van der Waals surface area contributed by atoms with Crippen LogP contribution in [0.2, 0.25) is 5.02 Å². The van der Waals surface area contributed by atoms with E-state index in [-0.39, 0.29) is 5.56 Å². The van der Waals surface area contributed by atoms with Crippen molar-refractivity contribution in [2.45, 2.75) is 0 Å². The van der Waals surface area contributed by atoms with Gasteiger partial charge < -0.3 is 10.1 Å². The molecule has 3 rings (SSSR count). The summed E-state index contributed by atoms with van der Waals surface area (Å²) in [5.74, 6) is -0.493. The maximum absolute atomic E-state index is 11.1. The van der Waals surface area contributed by atoms with Gasteiger partial charge in [0.2, 0.25) is 0 Å². The third-order valence-electron chi connectivity index (χ3n) is 2.71. The van der Waals surface area contributed by atoms with Gasteiger partial charge in [-0.25, -0.2) is 9.78 Å². The lowest BCUT2D eigenvalue weighted by Gasteiger charge is -1.94. The van der Waals surface area contributed by atoms with E-state index in [1.165, 1.54) is 12.3 Å². The number of hydrogen-bond donors (Lipinski definition) is 2. The second-order valence-corrected chi connectivity index (χ2v) is 4.39. The molecule has 3 aromatic rings. The van der Waals surface area contributed by atoms with Gasteiger partial charge in [0.05, 0.1) is 16.1 Å². The number of carboxylic acid groups (broad SMARTS) is 1. The number of benzene rings is 1. The highest BCUT2D eigenvalue weighted by molar-refractivity contribution is 6.30. The van der Waals surface area contributed by atoms with Crippen LogP contribution in [-0.4, -0.2) is 26.0 Å². The van der Waals surface area contributed by atoms with Crippen molar-refractivity contribution in [1.82, 2.24) is 15.0 Å². The van der Waals surface area contributed by atoms with Crippen LogP contribution >= 0.6 is 11.6 Å². The SMILES string of the molecule is O=C(O)c1cccc2[nH]c(-c3ccc(Cl)cn3)nc12. The van der Waals surface area contributed by atoms with Gasteiger partial charge in [0.15, 0.2) is 5.82 Å². The molecular formula is C13H8ClN3O2. The number of nitrogens with zero attached hydrogens (tertiary/aromatic N) is 2. The first-order valence-electron chi connectivity index (χ1n) is 5.49. The number of aromatic carboxylic acids is 1. The highest BCUT2D eigenvalue weighted by Gasteiger charge is 2.13. The maximum Gasteiger partial charge on any atom is 0.337 e. The third kappa shape index (κ3) is 2.04. The first-order chi connectivity index (χ1) is 9.15. The zero-order valence-electron chi connectivity index (χ0n) is 9.59. The number of halogens is 1. The van der Waals surface area contributed by atoms with Gasteiger partial charge >= 0.3 is 5.97 Å². The molecule has 0 saturated heterocycles. The summed E-state index contributed by atoms with van der Waals surface area (Å²) in [5.41, 5.74) is 1.85. The van der Waals surface area contributed by atoms with Gasteiger partial charge in [0.1, 0.15) is 11.2 Å². The molecule has 0 bridgehead atoms. The lowest BCUT2D eigenvalue weighted by Crippen LogP contribution is -1.96. The van der Waals surface area contributed by atoms with Gasteiger partial charge in [-0.05, 0) is 24.3 Å². The number of H-pyrrole nitrogens is 1. The first kappa shape index (κ1) is 11.7. The number of aromatic amines is 1. The Morgan fingerprint density at radius 1 is 1.26 bits per heavy atom. The molecule has 0 spiro atoms. The fraction of sp³-hybridized carbons (Fsp3) is 0. The predicted molar refractivity (Wildman–Crippen MR) is 71.3 cm³/mol. The monoisotopic (exact) mass is 273 g/mol. The van der Waals surface area contributed by atoms with Crippen molar-refractivity contribution in [3.63, 3.8) is 0 Å². The molecule has 19 heavy (non-hydrogen) atoms. The summed E-state index contributed by atoms with van der Waals surface area (Å²) in [6.07, 6.45) is 1.52. The predicted octanol–water partition coefficient (Wildman–Crippen LogP) is 2.98. The summed E-state index contributed by atoms with van der Waals surface area (Å²) in [4.78, 5) is 22.6. The Bertz CT molecular complexity index is 765. The van der Waals surface area contributed by atoms with E-state index in [1.54, 1.807) is 24.3 Å². The molecule has 2 heterocycles. The average molecular weight is 274 g/mol. The fourth-order valence-corrected chi connectivity index (χ4v) is 1.95. The van der Waals surface area contributed by atoms with Crippen molar-refractivity contribution in [3.05, 3.63) is 47.1 Å². The summed E-state index contributed by atoms with van der Waals surface area (Å²) in [6, 6.07) is 8.39. The lowest BCUT2D eigenvalue weighted by atomic mass is 10.2. The number of hydrogen-bond acceptors (Lipinski definition) is 3. The van der Waals surface area contributed by atoms with Crippen LogP contribution in [0, 0.1) is 0 Å². The van der Waals surface area contributed by atoms with E-state index < -0.39 is 5.97 Å². The van der Waals surface area contributed by atoms with Gasteiger partial charge in [-0.15, -0.1) is 0 Å². The highest BCUT2D eigenvalue weighted by Crippen LogP contribution is 2.22. The van der Waals surface area contributed by atoms with Crippen LogP contribution in [0.5, 0.6) is 0 Å². The summed E-state index contributed by atoms with van der Waals surface area (Å²) in [5, 5.41) is 9.65. The molecule has 0 aliphatic rings. The van der Waals surface area contributed by atoms with Crippen molar-refractivity contribution in [2.24, 2.45) is 0 Å². The van der Waals surface area contributed by atoms with Gasteiger partial charge in [-0.3, -0.25) is 4.98 Å².